The van der Waals surface area contributed by atoms with Gasteiger partial charge in [0.2, 0.25) is 5.91 Å². The molecule has 0 aliphatic rings. The maximum atomic E-state index is 11.9. The predicted octanol–water partition coefficient (Wildman–Crippen LogP) is 1.91. The molecule has 0 radical (unpaired) electrons. The second-order valence-electron chi connectivity index (χ2n) is 6.15. The molecule has 3 heteroatoms. The van der Waals surface area contributed by atoms with E-state index in [0.29, 0.717) is 12.5 Å². The summed E-state index contributed by atoms with van der Waals surface area (Å²) in [6.45, 7) is 12.5. The summed E-state index contributed by atoms with van der Waals surface area (Å²) >= 11 is 0. The number of amides is 1. The fraction of sp³-hybridized carbons (Fsp3) is 0.917. The van der Waals surface area contributed by atoms with E-state index in [1.807, 2.05) is 27.7 Å². The van der Waals surface area contributed by atoms with Gasteiger partial charge in [0.05, 0.1) is 0 Å². The van der Waals surface area contributed by atoms with Crippen molar-refractivity contribution in [2.24, 2.45) is 17.1 Å². The highest BCUT2D eigenvalue weighted by Crippen LogP contribution is 2.25. The number of carbonyl (C=O) groups is 1. The second-order valence-corrected chi connectivity index (χ2v) is 6.15. The molecule has 3 nitrogen and oxygen atoms in total. The van der Waals surface area contributed by atoms with E-state index in [0.717, 1.165) is 6.42 Å². The van der Waals surface area contributed by atoms with Crippen molar-refractivity contribution in [2.75, 3.05) is 6.54 Å². The molecule has 0 rings (SSSR count). The van der Waals surface area contributed by atoms with Gasteiger partial charge in [0.25, 0.3) is 0 Å². The third kappa shape index (κ3) is 6.50. The van der Waals surface area contributed by atoms with Gasteiger partial charge in [0.1, 0.15) is 0 Å². The highest BCUT2D eigenvalue weighted by molar-refractivity contribution is 5.81. The first-order chi connectivity index (χ1) is 6.54. The molecular weight excluding hydrogens is 188 g/mol. The average Bonchev–Trinajstić information content (AvgIpc) is 1.95. The number of rotatable bonds is 5. The van der Waals surface area contributed by atoms with Gasteiger partial charge in [0, 0.05) is 17.5 Å². The summed E-state index contributed by atoms with van der Waals surface area (Å²) in [7, 11) is 0. The highest BCUT2D eigenvalue weighted by Gasteiger charge is 2.29. The number of hydrogen-bond donors (Lipinski definition) is 2. The number of nitrogens with two attached hydrogens (primary N) is 1. The molecule has 0 saturated carbocycles. The van der Waals surface area contributed by atoms with Crippen molar-refractivity contribution in [2.45, 2.75) is 53.5 Å². The van der Waals surface area contributed by atoms with Crippen molar-refractivity contribution in [3.8, 4) is 0 Å². The summed E-state index contributed by atoms with van der Waals surface area (Å²) in [5.74, 6) is 0.617. The van der Waals surface area contributed by atoms with Crippen molar-refractivity contribution in [1.29, 1.82) is 0 Å². The number of nitrogens with one attached hydrogen (secondary N) is 1. The van der Waals surface area contributed by atoms with Crippen LogP contribution in [0.1, 0.15) is 48.0 Å². The van der Waals surface area contributed by atoms with Crippen LogP contribution in [0.4, 0.5) is 0 Å². The minimum atomic E-state index is -0.344. The molecule has 0 atom stereocenters. The molecule has 0 fully saturated rings. The van der Waals surface area contributed by atoms with Crippen LogP contribution < -0.4 is 11.1 Å². The predicted molar refractivity (Wildman–Crippen MR) is 64.5 cm³/mol. The summed E-state index contributed by atoms with van der Waals surface area (Å²) in [5.41, 5.74) is 5.16. The van der Waals surface area contributed by atoms with Crippen molar-refractivity contribution in [1.82, 2.24) is 5.32 Å². The molecule has 0 bridgehead atoms. The summed E-state index contributed by atoms with van der Waals surface area (Å²) in [5, 5.41) is 2.90. The zero-order chi connectivity index (χ0) is 12.3. The van der Waals surface area contributed by atoms with E-state index in [9.17, 15) is 4.79 Å². The van der Waals surface area contributed by atoms with E-state index in [1.165, 1.54) is 0 Å². The molecule has 0 aromatic carbocycles. The Bertz CT molecular complexity index is 214. The molecule has 0 aliphatic carbocycles. The van der Waals surface area contributed by atoms with Crippen LogP contribution in [0.3, 0.4) is 0 Å². The Hall–Kier alpha value is -0.570. The van der Waals surface area contributed by atoms with E-state index in [2.05, 4.69) is 19.2 Å². The Balaban J connectivity index is 4.20. The van der Waals surface area contributed by atoms with E-state index in [1.54, 1.807) is 0 Å². The van der Waals surface area contributed by atoms with Crippen LogP contribution in [0.15, 0.2) is 0 Å². The smallest absolute Gasteiger partial charge is 0.225 e. The van der Waals surface area contributed by atoms with Gasteiger partial charge in [-0.3, -0.25) is 4.79 Å². The van der Waals surface area contributed by atoms with Crippen LogP contribution >= 0.6 is 0 Å². The molecule has 90 valence electrons. The third-order valence-electron chi connectivity index (χ3n) is 2.24. The second kappa shape index (κ2) is 4.97. The molecule has 1 amide bonds. The van der Waals surface area contributed by atoms with Crippen LogP contribution in [0, 0.1) is 11.3 Å². The summed E-state index contributed by atoms with van der Waals surface area (Å²) in [6, 6.07) is 0. The van der Waals surface area contributed by atoms with Gasteiger partial charge < -0.3 is 11.1 Å². The van der Waals surface area contributed by atoms with Crippen LogP contribution in [0.5, 0.6) is 0 Å². The van der Waals surface area contributed by atoms with Crippen molar-refractivity contribution >= 4 is 5.91 Å². The van der Waals surface area contributed by atoms with Crippen molar-refractivity contribution < 1.29 is 4.79 Å². The van der Waals surface area contributed by atoms with Gasteiger partial charge in [-0.15, -0.1) is 0 Å². The topological polar surface area (TPSA) is 55.1 Å². The van der Waals surface area contributed by atoms with Crippen LogP contribution in [-0.2, 0) is 4.79 Å². The Labute approximate surface area is 93.8 Å². The zero-order valence-corrected chi connectivity index (χ0v) is 11.0. The van der Waals surface area contributed by atoms with E-state index in [-0.39, 0.29) is 16.9 Å². The molecule has 15 heavy (non-hydrogen) atoms. The molecule has 0 unspecified atom stereocenters. The fourth-order valence-electron chi connectivity index (χ4n) is 1.66. The van der Waals surface area contributed by atoms with Gasteiger partial charge in [-0.2, -0.15) is 0 Å². The Morgan fingerprint density at radius 1 is 1.27 bits per heavy atom. The van der Waals surface area contributed by atoms with Crippen LogP contribution in [0.25, 0.3) is 0 Å². The van der Waals surface area contributed by atoms with Gasteiger partial charge in [-0.25, -0.2) is 0 Å². The minimum absolute atomic E-state index is 0.0923. The summed E-state index contributed by atoms with van der Waals surface area (Å²) in [4.78, 5) is 11.9. The normalized spacial score (nSPS) is 13.1. The minimum Gasteiger partial charge on any atom is -0.354 e. The molecule has 3 N–H and O–H groups in total. The molecule has 0 saturated heterocycles. The SMILES string of the molecule is CC(C)CC(C)(C)C(=O)NCC(C)(C)N. The lowest BCUT2D eigenvalue weighted by Crippen LogP contribution is -2.48. The lowest BCUT2D eigenvalue weighted by molar-refractivity contribution is -0.130. The molecule has 0 aliphatic heterocycles. The van der Waals surface area contributed by atoms with Gasteiger partial charge in [-0.05, 0) is 26.2 Å². The van der Waals surface area contributed by atoms with E-state index >= 15 is 0 Å². The highest BCUT2D eigenvalue weighted by atomic mass is 16.2. The first-order valence-corrected chi connectivity index (χ1v) is 5.62. The lowest BCUT2D eigenvalue weighted by atomic mass is 9.83. The standard InChI is InChI=1S/C12H26N2O/c1-9(2)7-11(3,4)10(15)14-8-12(5,6)13/h9H,7-8,13H2,1-6H3,(H,14,15). The molecule has 0 aromatic heterocycles. The maximum absolute atomic E-state index is 11.9. The zero-order valence-electron chi connectivity index (χ0n) is 11.0. The van der Waals surface area contributed by atoms with E-state index < -0.39 is 0 Å². The lowest BCUT2D eigenvalue weighted by Gasteiger charge is -2.28. The molecule has 0 heterocycles. The maximum Gasteiger partial charge on any atom is 0.225 e. The average molecular weight is 214 g/mol. The third-order valence-corrected chi connectivity index (χ3v) is 2.24. The quantitative estimate of drug-likeness (QED) is 0.734. The summed E-state index contributed by atoms with van der Waals surface area (Å²) in [6.07, 6.45) is 0.893. The molecule has 0 spiro atoms. The largest absolute Gasteiger partial charge is 0.354 e. The molecule has 0 aromatic rings. The molecular formula is C12H26N2O. The van der Waals surface area contributed by atoms with Gasteiger partial charge in [0.15, 0.2) is 0 Å². The van der Waals surface area contributed by atoms with Crippen LogP contribution in [-0.4, -0.2) is 18.0 Å². The Morgan fingerprint density at radius 3 is 2.07 bits per heavy atom. The first-order valence-electron chi connectivity index (χ1n) is 5.62. The van der Waals surface area contributed by atoms with Crippen molar-refractivity contribution in [3.63, 3.8) is 0 Å². The van der Waals surface area contributed by atoms with Crippen molar-refractivity contribution in [3.05, 3.63) is 0 Å². The Kier molecular flexibility index (Phi) is 4.78. The van der Waals surface area contributed by atoms with Gasteiger partial charge in [-0.1, -0.05) is 27.7 Å². The monoisotopic (exact) mass is 214 g/mol. The summed E-state index contributed by atoms with van der Waals surface area (Å²) < 4.78 is 0. The first kappa shape index (κ1) is 14.4. The van der Waals surface area contributed by atoms with E-state index in [4.69, 9.17) is 5.73 Å². The fourth-order valence-corrected chi connectivity index (χ4v) is 1.66. The van der Waals surface area contributed by atoms with Gasteiger partial charge >= 0.3 is 0 Å². The Morgan fingerprint density at radius 2 is 1.73 bits per heavy atom. The number of carbonyl (C=O) groups excluding carboxylic acids is 1. The number of hydrogen-bond acceptors (Lipinski definition) is 2. The van der Waals surface area contributed by atoms with Crippen LogP contribution in [0.2, 0.25) is 0 Å².